The summed E-state index contributed by atoms with van der Waals surface area (Å²) in [4.78, 5) is 39.3. The van der Waals surface area contributed by atoms with E-state index in [4.69, 9.17) is 9.47 Å². The number of rotatable bonds is 9. The van der Waals surface area contributed by atoms with E-state index >= 15 is 0 Å². The molecule has 1 N–H and O–H groups in total. The minimum absolute atomic E-state index is 0.129. The second-order valence-electron chi connectivity index (χ2n) is 7.82. The summed E-state index contributed by atoms with van der Waals surface area (Å²) in [5.74, 6) is -1.42. The highest BCUT2D eigenvalue weighted by Crippen LogP contribution is 2.18. The van der Waals surface area contributed by atoms with E-state index in [1.54, 1.807) is 20.8 Å². The van der Waals surface area contributed by atoms with Crippen LogP contribution >= 0.6 is 0 Å². The Morgan fingerprint density at radius 1 is 1.04 bits per heavy atom. The summed E-state index contributed by atoms with van der Waals surface area (Å²) in [5, 5.41) is 9.43. The molecule has 0 aliphatic heterocycles. The van der Waals surface area contributed by atoms with Crippen molar-refractivity contribution in [2.24, 2.45) is 5.92 Å². The molecule has 2 atom stereocenters. The molecule has 0 rings (SSSR count). The Bertz CT molecular complexity index is 487. The Labute approximate surface area is 156 Å². The monoisotopic (exact) mass is 374 g/mol. The van der Waals surface area contributed by atoms with Crippen LogP contribution in [-0.2, 0) is 19.1 Å². The summed E-state index contributed by atoms with van der Waals surface area (Å²) in [5.41, 5.74) is -0.690. The second-order valence-corrected chi connectivity index (χ2v) is 7.82. The Morgan fingerprint density at radius 2 is 1.58 bits per heavy atom. The summed E-state index contributed by atoms with van der Waals surface area (Å²) >= 11 is 0. The summed E-state index contributed by atoms with van der Waals surface area (Å²) in [7, 11) is 4.41. The number of amides is 2. The minimum atomic E-state index is -1.11. The SMILES string of the molecule is COCC[C@@H](C(=O)O)N(C)C(=O)[C@H](CC(C)C)N(C)C(=O)OC(C)(C)C. The van der Waals surface area contributed by atoms with Gasteiger partial charge in [0.2, 0.25) is 5.91 Å². The number of carboxylic acid groups (broad SMARTS) is 1. The highest BCUT2D eigenvalue weighted by Gasteiger charge is 2.36. The molecule has 0 saturated carbocycles. The van der Waals surface area contributed by atoms with Gasteiger partial charge in [-0.1, -0.05) is 13.8 Å². The molecule has 2 amide bonds. The van der Waals surface area contributed by atoms with Gasteiger partial charge in [-0.25, -0.2) is 9.59 Å². The highest BCUT2D eigenvalue weighted by molar-refractivity contribution is 5.89. The van der Waals surface area contributed by atoms with Crippen LogP contribution in [0.15, 0.2) is 0 Å². The highest BCUT2D eigenvalue weighted by atomic mass is 16.6. The molecule has 0 aliphatic rings. The minimum Gasteiger partial charge on any atom is -0.480 e. The van der Waals surface area contributed by atoms with Crippen LogP contribution in [0.1, 0.15) is 47.5 Å². The van der Waals surface area contributed by atoms with Gasteiger partial charge in [-0.05, 0) is 33.1 Å². The van der Waals surface area contributed by atoms with Crippen LogP contribution in [0, 0.1) is 5.92 Å². The molecule has 0 aromatic rings. The number of hydrogen-bond acceptors (Lipinski definition) is 5. The van der Waals surface area contributed by atoms with Crippen molar-refractivity contribution in [2.45, 2.75) is 65.1 Å². The van der Waals surface area contributed by atoms with Gasteiger partial charge in [-0.3, -0.25) is 9.69 Å². The summed E-state index contributed by atoms with van der Waals surface area (Å²) in [6, 6.07) is -1.83. The molecule has 0 radical (unpaired) electrons. The van der Waals surface area contributed by atoms with Crippen molar-refractivity contribution in [3.63, 3.8) is 0 Å². The van der Waals surface area contributed by atoms with Gasteiger partial charge < -0.3 is 19.5 Å². The molecule has 8 nitrogen and oxygen atoms in total. The summed E-state index contributed by atoms with van der Waals surface area (Å²) < 4.78 is 10.3. The van der Waals surface area contributed by atoms with Crippen molar-refractivity contribution in [2.75, 3.05) is 27.8 Å². The van der Waals surface area contributed by atoms with E-state index in [9.17, 15) is 19.5 Å². The van der Waals surface area contributed by atoms with Gasteiger partial charge in [0.1, 0.15) is 17.7 Å². The molecule has 0 unspecified atom stereocenters. The molecule has 0 spiro atoms. The van der Waals surface area contributed by atoms with Gasteiger partial charge >= 0.3 is 12.1 Å². The topological polar surface area (TPSA) is 96.4 Å². The maximum atomic E-state index is 13.0. The Balaban J connectivity index is 5.46. The van der Waals surface area contributed by atoms with Crippen LogP contribution in [-0.4, -0.2) is 78.4 Å². The lowest BCUT2D eigenvalue weighted by Gasteiger charge is -2.35. The number of methoxy groups -OCH3 is 1. The predicted octanol–water partition coefficient (Wildman–Crippen LogP) is 2.22. The zero-order valence-electron chi connectivity index (χ0n) is 17.2. The number of carboxylic acids is 1. The molecular weight excluding hydrogens is 340 g/mol. The fourth-order valence-electron chi connectivity index (χ4n) is 2.43. The largest absolute Gasteiger partial charge is 0.480 e. The molecule has 0 bridgehead atoms. The molecule has 0 fully saturated rings. The predicted molar refractivity (Wildman–Crippen MR) is 97.9 cm³/mol. The van der Waals surface area contributed by atoms with Crippen LogP contribution in [0.5, 0.6) is 0 Å². The van der Waals surface area contributed by atoms with Crippen LogP contribution in [0.3, 0.4) is 0 Å². The number of likely N-dealkylation sites (N-methyl/N-ethyl adjacent to an activating group) is 2. The van der Waals surface area contributed by atoms with Crippen LogP contribution in [0.4, 0.5) is 4.79 Å². The van der Waals surface area contributed by atoms with Crippen molar-refractivity contribution in [1.29, 1.82) is 0 Å². The third-order valence-corrected chi connectivity index (χ3v) is 3.82. The fourth-order valence-corrected chi connectivity index (χ4v) is 2.43. The summed E-state index contributed by atoms with van der Waals surface area (Å²) in [6.45, 7) is 9.32. The van der Waals surface area contributed by atoms with Crippen molar-refractivity contribution in [1.82, 2.24) is 9.80 Å². The van der Waals surface area contributed by atoms with Gasteiger partial charge in [0.25, 0.3) is 0 Å². The first kappa shape index (κ1) is 24.2. The normalized spacial score (nSPS) is 13.9. The smallest absolute Gasteiger partial charge is 0.410 e. The van der Waals surface area contributed by atoms with Crippen molar-refractivity contribution in [3.05, 3.63) is 0 Å². The molecule has 0 heterocycles. The molecular formula is C18H34N2O6. The van der Waals surface area contributed by atoms with Crippen LogP contribution < -0.4 is 0 Å². The van der Waals surface area contributed by atoms with Gasteiger partial charge in [0.15, 0.2) is 0 Å². The van der Waals surface area contributed by atoms with Gasteiger partial charge in [-0.15, -0.1) is 0 Å². The number of carbonyl (C=O) groups excluding carboxylic acids is 2. The summed E-state index contributed by atoms with van der Waals surface area (Å²) in [6.07, 6.45) is -0.0533. The fraction of sp³-hybridized carbons (Fsp3) is 0.833. The number of hydrogen-bond donors (Lipinski definition) is 1. The first-order valence-electron chi connectivity index (χ1n) is 8.76. The standard InChI is InChI=1S/C18H34N2O6/c1-12(2)11-14(20(7)17(24)26-18(3,4)5)15(21)19(6)13(16(22)23)9-10-25-8/h12-14H,9-11H2,1-8H3,(H,22,23)/t13-,14-/m0/s1. The van der Waals surface area contributed by atoms with Gasteiger partial charge in [0, 0.05) is 34.2 Å². The number of carbonyl (C=O) groups is 3. The lowest BCUT2D eigenvalue weighted by Crippen LogP contribution is -2.54. The van der Waals surface area contributed by atoms with Gasteiger partial charge in [0.05, 0.1) is 0 Å². The third-order valence-electron chi connectivity index (χ3n) is 3.82. The molecule has 152 valence electrons. The second kappa shape index (κ2) is 10.4. The van der Waals surface area contributed by atoms with Crippen molar-refractivity contribution in [3.8, 4) is 0 Å². The van der Waals surface area contributed by atoms with Gasteiger partial charge in [-0.2, -0.15) is 0 Å². The lowest BCUT2D eigenvalue weighted by molar-refractivity contribution is -0.152. The molecule has 0 saturated heterocycles. The van der Waals surface area contributed by atoms with E-state index in [1.165, 1.54) is 31.0 Å². The van der Waals surface area contributed by atoms with E-state index in [-0.39, 0.29) is 18.9 Å². The van der Waals surface area contributed by atoms with E-state index in [2.05, 4.69) is 0 Å². The van der Waals surface area contributed by atoms with E-state index in [1.807, 2.05) is 13.8 Å². The van der Waals surface area contributed by atoms with Crippen molar-refractivity contribution < 1.29 is 29.0 Å². The lowest BCUT2D eigenvalue weighted by atomic mass is 10.0. The molecule has 8 heteroatoms. The first-order chi connectivity index (χ1) is 11.8. The van der Waals surface area contributed by atoms with E-state index < -0.39 is 35.7 Å². The third kappa shape index (κ3) is 8.03. The average molecular weight is 374 g/mol. The quantitative estimate of drug-likeness (QED) is 0.665. The maximum absolute atomic E-state index is 13.0. The van der Waals surface area contributed by atoms with E-state index in [0.29, 0.717) is 6.42 Å². The van der Waals surface area contributed by atoms with Crippen molar-refractivity contribution >= 4 is 18.0 Å². The molecule has 26 heavy (non-hydrogen) atoms. The van der Waals surface area contributed by atoms with Crippen LogP contribution in [0.2, 0.25) is 0 Å². The Morgan fingerprint density at radius 3 is 1.96 bits per heavy atom. The van der Waals surface area contributed by atoms with E-state index in [0.717, 1.165) is 0 Å². The molecule has 0 aliphatic carbocycles. The zero-order valence-corrected chi connectivity index (χ0v) is 17.2. The maximum Gasteiger partial charge on any atom is 0.410 e. The number of ether oxygens (including phenoxy) is 2. The Kier molecular flexibility index (Phi) is 9.62. The first-order valence-corrected chi connectivity index (χ1v) is 8.76. The van der Waals surface area contributed by atoms with Crippen LogP contribution in [0.25, 0.3) is 0 Å². The number of nitrogens with zero attached hydrogens (tertiary/aromatic N) is 2. The number of aliphatic carboxylic acids is 1. The molecule has 0 aromatic carbocycles. The Hall–Kier alpha value is -1.83. The average Bonchev–Trinajstić information content (AvgIpc) is 2.49. The zero-order chi connectivity index (χ0) is 20.7. The molecule has 0 aromatic heterocycles.